The van der Waals surface area contributed by atoms with Crippen LogP contribution in [-0.4, -0.2) is 56.1 Å². The highest BCUT2D eigenvalue weighted by Crippen LogP contribution is 2.44. The van der Waals surface area contributed by atoms with Gasteiger partial charge in [-0.1, -0.05) is 20.8 Å². The largest absolute Gasteiger partial charge is 0.465 e. The van der Waals surface area contributed by atoms with E-state index in [4.69, 9.17) is 0 Å². The molecule has 0 fully saturated rings. The van der Waals surface area contributed by atoms with Crippen molar-refractivity contribution >= 4 is 50.9 Å². The van der Waals surface area contributed by atoms with Gasteiger partial charge in [0.15, 0.2) is 5.13 Å². The average molecular weight is 540 g/mol. The Bertz CT molecular complexity index is 1090. The summed E-state index contributed by atoms with van der Waals surface area (Å²) in [7, 11) is 0. The predicted molar refractivity (Wildman–Crippen MR) is 144 cm³/mol. The number of hydrogen-bond acceptors (Lipinski definition) is 7. The van der Waals surface area contributed by atoms with Gasteiger partial charge in [-0.15, -0.1) is 22.7 Å². The van der Waals surface area contributed by atoms with Crippen molar-refractivity contribution in [3.63, 3.8) is 0 Å². The highest BCUT2D eigenvalue weighted by molar-refractivity contribution is 7.16. The Morgan fingerprint density at radius 2 is 1.69 bits per heavy atom. The van der Waals surface area contributed by atoms with Crippen LogP contribution in [0.2, 0.25) is 0 Å². The molecule has 0 aromatic carbocycles. The van der Waals surface area contributed by atoms with Gasteiger partial charge in [0.25, 0.3) is 0 Å². The minimum absolute atomic E-state index is 0.165. The van der Waals surface area contributed by atoms with E-state index in [1.54, 1.807) is 20.8 Å². The van der Waals surface area contributed by atoms with Crippen molar-refractivity contribution in [2.45, 2.75) is 79.6 Å². The summed E-state index contributed by atoms with van der Waals surface area (Å²) in [6.07, 6.45) is -1.17. The number of hydrogen-bond donors (Lipinski definition) is 4. The molecular formula is C24H37N5O5S2. The maximum Gasteiger partial charge on any atom is 0.411 e. The van der Waals surface area contributed by atoms with Crippen LogP contribution < -0.4 is 15.5 Å². The zero-order chi connectivity index (χ0) is 27.5. The van der Waals surface area contributed by atoms with Gasteiger partial charge >= 0.3 is 12.2 Å². The first-order valence-corrected chi connectivity index (χ1v) is 13.3. The van der Waals surface area contributed by atoms with E-state index in [0.29, 0.717) is 24.5 Å². The summed E-state index contributed by atoms with van der Waals surface area (Å²) in [6, 6.07) is 3.88. The third-order valence-corrected chi connectivity index (χ3v) is 7.57. The number of thiazole rings is 1. The zero-order valence-electron chi connectivity index (χ0n) is 22.1. The standard InChI is InChI=1S/C24H37N5O5S2/c1-9-28(24(22(3,4)5,27-20(31)32)29(21(33)34)23(6,7)8)18-13-12-17(36-18)11-10-16-14-35-19(26-16)25-15(2)30/h12-14,27H,9-11H2,1-8H3,(H,31,32)(H,33,34)(H,25,26,30)/t24-/m0/s1. The van der Waals surface area contributed by atoms with Gasteiger partial charge in [-0.05, 0) is 52.7 Å². The molecule has 0 spiro atoms. The summed E-state index contributed by atoms with van der Waals surface area (Å²) >= 11 is 2.87. The first-order chi connectivity index (χ1) is 16.5. The van der Waals surface area contributed by atoms with Crippen LogP contribution in [0.5, 0.6) is 0 Å². The van der Waals surface area contributed by atoms with Crippen molar-refractivity contribution in [2.24, 2.45) is 5.41 Å². The molecular weight excluding hydrogens is 502 g/mol. The van der Waals surface area contributed by atoms with Crippen LogP contribution in [0, 0.1) is 5.41 Å². The molecule has 200 valence electrons. The van der Waals surface area contributed by atoms with Crippen molar-refractivity contribution in [3.8, 4) is 0 Å². The van der Waals surface area contributed by atoms with Crippen LogP contribution in [0.3, 0.4) is 0 Å². The quantitative estimate of drug-likeness (QED) is 0.308. The number of carbonyl (C=O) groups excluding carboxylic acids is 1. The molecule has 4 N–H and O–H groups in total. The lowest BCUT2D eigenvalue weighted by Gasteiger charge is -2.59. The molecule has 10 nitrogen and oxygen atoms in total. The normalized spacial score (nSPS) is 13.6. The second kappa shape index (κ2) is 11.0. The van der Waals surface area contributed by atoms with Crippen LogP contribution in [0.4, 0.5) is 19.7 Å². The molecule has 36 heavy (non-hydrogen) atoms. The third-order valence-electron chi connectivity index (χ3n) is 5.60. The number of rotatable bonds is 9. The Kier molecular flexibility index (Phi) is 9.00. The van der Waals surface area contributed by atoms with E-state index in [1.807, 2.05) is 50.1 Å². The lowest BCUT2D eigenvalue weighted by molar-refractivity contribution is -0.114. The Labute approximate surface area is 220 Å². The first kappa shape index (κ1) is 29.4. The number of thiophene rings is 1. The molecule has 0 aliphatic heterocycles. The highest BCUT2D eigenvalue weighted by atomic mass is 32.1. The molecule has 0 bridgehead atoms. The fraction of sp³-hybridized carbons (Fsp3) is 0.583. The molecule has 0 radical (unpaired) electrons. The van der Waals surface area contributed by atoms with Crippen LogP contribution in [-0.2, 0) is 17.6 Å². The maximum atomic E-state index is 12.6. The van der Waals surface area contributed by atoms with Crippen molar-refractivity contribution in [1.82, 2.24) is 15.2 Å². The summed E-state index contributed by atoms with van der Waals surface area (Å²) in [5, 5.41) is 28.7. The van der Waals surface area contributed by atoms with Crippen LogP contribution in [0.1, 0.15) is 66.0 Å². The fourth-order valence-electron chi connectivity index (χ4n) is 4.30. The second-order valence-electron chi connectivity index (χ2n) is 10.5. The number of carbonyl (C=O) groups is 3. The lowest BCUT2D eigenvalue weighted by Crippen LogP contribution is -2.79. The molecule has 2 heterocycles. The first-order valence-electron chi connectivity index (χ1n) is 11.7. The van der Waals surface area contributed by atoms with Crippen LogP contribution in [0.15, 0.2) is 17.5 Å². The Balaban J connectivity index is 2.48. The minimum atomic E-state index is -1.60. The molecule has 2 aromatic rings. The van der Waals surface area contributed by atoms with Crippen molar-refractivity contribution in [2.75, 3.05) is 16.8 Å². The molecule has 3 amide bonds. The Morgan fingerprint density at radius 3 is 2.17 bits per heavy atom. The van der Waals surface area contributed by atoms with E-state index in [-0.39, 0.29) is 5.91 Å². The predicted octanol–water partition coefficient (Wildman–Crippen LogP) is 5.52. The summed E-state index contributed by atoms with van der Waals surface area (Å²) in [4.78, 5) is 44.5. The zero-order valence-corrected chi connectivity index (χ0v) is 23.8. The van der Waals surface area contributed by atoms with Crippen molar-refractivity contribution in [1.29, 1.82) is 0 Å². The highest BCUT2D eigenvalue weighted by Gasteiger charge is 2.58. The van der Waals surface area contributed by atoms with Gasteiger partial charge in [0.05, 0.1) is 10.7 Å². The van der Waals surface area contributed by atoms with Gasteiger partial charge in [0.2, 0.25) is 11.7 Å². The van der Waals surface area contributed by atoms with E-state index in [1.165, 1.54) is 34.5 Å². The lowest BCUT2D eigenvalue weighted by atomic mass is 9.81. The van der Waals surface area contributed by atoms with E-state index in [2.05, 4.69) is 15.6 Å². The van der Waals surface area contributed by atoms with Gasteiger partial charge in [0, 0.05) is 34.7 Å². The van der Waals surface area contributed by atoms with E-state index in [0.717, 1.165) is 15.6 Å². The number of nitrogens with one attached hydrogen (secondary N) is 2. The minimum Gasteiger partial charge on any atom is -0.465 e. The number of aryl methyl sites for hydroxylation is 2. The fourth-order valence-corrected chi connectivity index (χ4v) is 6.21. The number of aromatic nitrogens is 1. The van der Waals surface area contributed by atoms with Crippen molar-refractivity contribution < 1.29 is 24.6 Å². The average Bonchev–Trinajstić information content (AvgIpc) is 3.33. The molecule has 0 saturated carbocycles. The summed E-state index contributed by atoms with van der Waals surface area (Å²) in [6.45, 7) is 14.4. The van der Waals surface area contributed by atoms with E-state index in [9.17, 15) is 24.6 Å². The smallest absolute Gasteiger partial charge is 0.411 e. The summed E-state index contributed by atoms with van der Waals surface area (Å²) in [5.41, 5.74) is -0.893. The summed E-state index contributed by atoms with van der Waals surface area (Å²) in [5.74, 6) is -1.76. The van der Waals surface area contributed by atoms with Gasteiger partial charge in [0.1, 0.15) is 0 Å². The van der Waals surface area contributed by atoms with E-state index >= 15 is 0 Å². The number of nitrogens with zero attached hydrogens (tertiary/aromatic N) is 3. The molecule has 2 aromatic heterocycles. The molecule has 0 aliphatic rings. The van der Waals surface area contributed by atoms with E-state index < -0.39 is 28.9 Å². The monoisotopic (exact) mass is 539 g/mol. The molecule has 1 atom stereocenters. The molecule has 0 aliphatic carbocycles. The van der Waals surface area contributed by atoms with Gasteiger partial charge < -0.3 is 20.4 Å². The maximum absolute atomic E-state index is 12.6. The van der Waals surface area contributed by atoms with Crippen LogP contribution in [0.25, 0.3) is 0 Å². The second-order valence-corrected chi connectivity index (χ2v) is 12.5. The SMILES string of the molecule is CCN(c1ccc(CCc2csc(NC(C)=O)n2)s1)[C@](NC(=O)O)(N(C(=O)O)C(C)(C)C)C(C)(C)C. The molecule has 12 heteroatoms. The van der Waals surface area contributed by atoms with Crippen molar-refractivity contribution in [3.05, 3.63) is 28.1 Å². The Morgan fingerprint density at radius 1 is 1.06 bits per heavy atom. The number of anilines is 2. The number of amides is 3. The third kappa shape index (κ3) is 6.47. The molecule has 0 saturated heterocycles. The molecule has 2 rings (SSSR count). The number of carboxylic acid groups (broad SMARTS) is 2. The van der Waals surface area contributed by atoms with Gasteiger partial charge in [-0.3, -0.25) is 15.0 Å². The molecule has 0 unspecified atom stereocenters. The summed E-state index contributed by atoms with van der Waals surface area (Å²) < 4.78 is 0. The van der Waals surface area contributed by atoms with Crippen LogP contribution >= 0.6 is 22.7 Å². The van der Waals surface area contributed by atoms with Gasteiger partial charge in [-0.25, -0.2) is 14.6 Å². The topological polar surface area (TPSA) is 135 Å². The Hall–Kier alpha value is -2.86. The van der Waals surface area contributed by atoms with Gasteiger partial charge in [-0.2, -0.15) is 0 Å².